The normalized spacial score (nSPS) is 10.1. The first-order valence-corrected chi connectivity index (χ1v) is 5.32. The van der Waals surface area contributed by atoms with Gasteiger partial charge < -0.3 is 20.5 Å². The van der Waals surface area contributed by atoms with Crippen LogP contribution >= 0.6 is 0 Å². The van der Waals surface area contributed by atoms with Crippen LogP contribution in [0.5, 0.6) is 0 Å². The quantitative estimate of drug-likeness (QED) is 0.461. The zero-order chi connectivity index (χ0) is 12.8. The molecule has 0 saturated heterocycles. The second-order valence-corrected chi connectivity index (χ2v) is 3.61. The Morgan fingerprint density at radius 2 is 2.12 bits per heavy atom. The highest BCUT2D eigenvalue weighted by Gasteiger charge is 2.13. The number of rotatable bonds is 5. The van der Waals surface area contributed by atoms with Gasteiger partial charge >= 0.3 is 5.97 Å². The van der Waals surface area contributed by atoms with Gasteiger partial charge in [0, 0.05) is 13.7 Å². The first-order chi connectivity index (χ1) is 8.11. The maximum atomic E-state index is 11.4. The van der Waals surface area contributed by atoms with E-state index in [0.29, 0.717) is 24.4 Å². The predicted octanol–water partition coefficient (Wildman–Crippen LogP) is 1.42. The van der Waals surface area contributed by atoms with Crippen LogP contribution in [0.2, 0.25) is 0 Å². The van der Waals surface area contributed by atoms with Crippen molar-refractivity contribution < 1.29 is 14.3 Å². The third kappa shape index (κ3) is 3.10. The summed E-state index contributed by atoms with van der Waals surface area (Å²) in [5.74, 6) is -0.377. The lowest BCUT2D eigenvalue weighted by molar-refractivity contribution is 0.0600. The molecule has 5 heteroatoms. The van der Waals surface area contributed by atoms with Crippen molar-refractivity contribution in [2.75, 3.05) is 38.4 Å². The van der Waals surface area contributed by atoms with Gasteiger partial charge in [0.05, 0.1) is 30.7 Å². The van der Waals surface area contributed by atoms with Crippen LogP contribution in [0.1, 0.15) is 15.9 Å². The lowest BCUT2D eigenvalue weighted by Crippen LogP contribution is -2.12. The summed E-state index contributed by atoms with van der Waals surface area (Å²) in [6.45, 7) is 3.05. The molecule has 17 heavy (non-hydrogen) atoms. The third-order valence-corrected chi connectivity index (χ3v) is 2.54. The molecular weight excluding hydrogens is 220 g/mol. The number of carbonyl (C=O) groups is 1. The Labute approximate surface area is 101 Å². The molecule has 94 valence electrons. The number of benzene rings is 1. The van der Waals surface area contributed by atoms with Gasteiger partial charge in [-0.25, -0.2) is 4.79 Å². The molecule has 0 saturated carbocycles. The van der Waals surface area contributed by atoms with Gasteiger partial charge in [-0.15, -0.1) is 0 Å². The first-order valence-electron chi connectivity index (χ1n) is 5.32. The summed E-state index contributed by atoms with van der Waals surface area (Å²) in [5.41, 5.74) is 8.51. The van der Waals surface area contributed by atoms with Gasteiger partial charge in [0.1, 0.15) is 0 Å². The highest BCUT2D eigenvalue weighted by molar-refractivity contribution is 5.94. The van der Waals surface area contributed by atoms with Crippen molar-refractivity contribution >= 4 is 17.3 Å². The number of nitrogens with one attached hydrogen (secondary N) is 1. The van der Waals surface area contributed by atoms with E-state index in [-0.39, 0.29) is 5.97 Å². The molecule has 1 aromatic carbocycles. The number of hydrogen-bond acceptors (Lipinski definition) is 5. The lowest BCUT2D eigenvalue weighted by Gasteiger charge is -2.13. The van der Waals surface area contributed by atoms with E-state index in [0.717, 1.165) is 11.3 Å². The maximum Gasteiger partial charge on any atom is 0.338 e. The van der Waals surface area contributed by atoms with Gasteiger partial charge in [-0.2, -0.15) is 0 Å². The number of hydrogen-bond donors (Lipinski definition) is 2. The average Bonchev–Trinajstić information content (AvgIpc) is 2.34. The predicted molar refractivity (Wildman–Crippen MR) is 67.3 cm³/mol. The number of methoxy groups -OCH3 is 2. The van der Waals surface area contributed by atoms with Crippen molar-refractivity contribution in [2.24, 2.45) is 0 Å². The van der Waals surface area contributed by atoms with Gasteiger partial charge in [0.15, 0.2) is 0 Å². The molecule has 0 bridgehead atoms. The summed E-state index contributed by atoms with van der Waals surface area (Å²) < 4.78 is 9.61. The van der Waals surface area contributed by atoms with Crippen LogP contribution in [0.15, 0.2) is 12.1 Å². The van der Waals surface area contributed by atoms with Crippen molar-refractivity contribution in [1.82, 2.24) is 0 Å². The number of esters is 1. The topological polar surface area (TPSA) is 73.6 Å². The van der Waals surface area contributed by atoms with Crippen molar-refractivity contribution in [3.8, 4) is 0 Å². The SMILES string of the molecule is COCCNc1ccc(C(=O)OC)c(C)c1N. The molecule has 0 amide bonds. The molecule has 1 aromatic rings. The van der Waals surface area contributed by atoms with E-state index in [1.807, 2.05) is 0 Å². The van der Waals surface area contributed by atoms with Crippen molar-refractivity contribution in [2.45, 2.75) is 6.92 Å². The minimum Gasteiger partial charge on any atom is -0.465 e. The Bertz CT molecular complexity index is 405. The van der Waals surface area contributed by atoms with Crippen LogP contribution < -0.4 is 11.1 Å². The highest BCUT2D eigenvalue weighted by atomic mass is 16.5. The summed E-state index contributed by atoms with van der Waals surface area (Å²) in [7, 11) is 2.99. The van der Waals surface area contributed by atoms with E-state index in [1.165, 1.54) is 7.11 Å². The Kier molecular flexibility index (Phi) is 4.78. The van der Waals surface area contributed by atoms with Crippen LogP contribution in [-0.2, 0) is 9.47 Å². The second-order valence-electron chi connectivity index (χ2n) is 3.61. The molecule has 0 aliphatic heterocycles. The van der Waals surface area contributed by atoms with E-state index >= 15 is 0 Å². The van der Waals surface area contributed by atoms with Gasteiger partial charge in [-0.1, -0.05) is 0 Å². The lowest BCUT2D eigenvalue weighted by atomic mass is 10.1. The number of anilines is 2. The van der Waals surface area contributed by atoms with E-state index in [4.69, 9.17) is 10.5 Å². The smallest absolute Gasteiger partial charge is 0.338 e. The van der Waals surface area contributed by atoms with Gasteiger partial charge in [0.2, 0.25) is 0 Å². The summed E-state index contributed by atoms with van der Waals surface area (Å²) >= 11 is 0. The van der Waals surface area contributed by atoms with E-state index in [1.54, 1.807) is 26.2 Å². The summed E-state index contributed by atoms with van der Waals surface area (Å²) in [4.78, 5) is 11.4. The third-order valence-electron chi connectivity index (χ3n) is 2.54. The first kappa shape index (κ1) is 13.3. The molecule has 5 nitrogen and oxygen atoms in total. The minimum absolute atomic E-state index is 0.377. The van der Waals surface area contributed by atoms with E-state index < -0.39 is 0 Å². The fraction of sp³-hybridized carbons (Fsp3) is 0.417. The van der Waals surface area contributed by atoms with Crippen molar-refractivity contribution in [1.29, 1.82) is 0 Å². The van der Waals surface area contributed by atoms with Crippen LogP contribution in [0.3, 0.4) is 0 Å². The van der Waals surface area contributed by atoms with E-state index in [9.17, 15) is 4.79 Å². The van der Waals surface area contributed by atoms with Crippen LogP contribution in [0.4, 0.5) is 11.4 Å². The molecule has 1 rings (SSSR count). The Balaban J connectivity index is 2.90. The zero-order valence-corrected chi connectivity index (χ0v) is 10.4. The molecule has 0 spiro atoms. The van der Waals surface area contributed by atoms with Crippen molar-refractivity contribution in [3.05, 3.63) is 23.3 Å². The highest BCUT2D eigenvalue weighted by Crippen LogP contribution is 2.25. The number of nitrogens with two attached hydrogens (primary N) is 1. The molecule has 0 radical (unpaired) electrons. The fourth-order valence-corrected chi connectivity index (χ4v) is 1.50. The number of nitrogen functional groups attached to an aromatic ring is 1. The largest absolute Gasteiger partial charge is 0.465 e. The molecule has 0 fully saturated rings. The van der Waals surface area contributed by atoms with Gasteiger partial charge in [-0.05, 0) is 24.6 Å². The summed E-state index contributed by atoms with van der Waals surface area (Å²) in [6.07, 6.45) is 0. The Hall–Kier alpha value is -1.75. The molecule has 0 aliphatic carbocycles. The summed E-state index contributed by atoms with van der Waals surface area (Å²) in [6, 6.07) is 3.47. The molecular formula is C12H18N2O3. The molecule has 0 atom stereocenters. The fourth-order valence-electron chi connectivity index (χ4n) is 1.50. The molecule has 0 unspecified atom stereocenters. The number of ether oxygens (including phenoxy) is 2. The monoisotopic (exact) mass is 238 g/mol. The average molecular weight is 238 g/mol. The van der Waals surface area contributed by atoms with E-state index in [2.05, 4.69) is 10.1 Å². The zero-order valence-electron chi connectivity index (χ0n) is 10.4. The summed E-state index contributed by atoms with van der Waals surface area (Å²) in [5, 5.41) is 3.14. The standard InChI is InChI=1S/C12H18N2O3/c1-8-9(12(15)17-3)4-5-10(11(8)13)14-6-7-16-2/h4-5,14H,6-7,13H2,1-3H3. The molecule has 0 heterocycles. The van der Waals surface area contributed by atoms with Gasteiger partial charge in [-0.3, -0.25) is 0 Å². The minimum atomic E-state index is -0.377. The van der Waals surface area contributed by atoms with Crippen molar-refractivity contribution in [3.63, 3.8) is 0 Å². The molecule has 3 N–H and O–H groups in total. The number of carbonyl (C=O) groups excluding carboxylic acids is 1. The van der Waals surface area contributed by atoms with Crippen LogP contribution in [0, 0.1) is 6.92 Å². The van der Waals surface area contributed by atoms with Crippen LogP contribution in [-0.4, -0.2) is 33.3 Å². The van der Waals surface area contributed by atoms with Crippen LogP contribution in [0.25, 0.3) is 0 Å². The Morgan fingerprint density at radius 1 is 1.41 bits per heavy atom. The molecule has 0 aromatic heterocycles. The Morgan fingerprint density at radius 3 is 2.71 bits per heavy atom. The second kappa shape index (κ2) is 6.10. The molecule has 0 aliphatic rings. The van der Waals surface area contributed by atoms with Gasteiger partial charge in [0.25, 0.3) is 0 Å². The maximum absolute atomic E-state index is 11.4.